The summed E-state index contributed by atoms with van der Waals surface area (Å²) in [5.41, 5.74) is -0.637. The number of ether oxygens (including phenoxy) is 1. The van der Waals surface area contributed by atoms with Crippen molar-refractivity contribution in [3.63, 3.8) is 0 Å². The van der Waals surface area contributed by atoms with Crippen molar-refractivity contribution >= 4 is 0 Å². The van der Waals surface area contributed by atoms with Gasteiger partial charge in [-0.1, -0.05) is 18.2 Å². The Bertz CT molecular complexity index is 893. The summed E-state index contributed by atoms with van der Waals surface area (Å²) in [7, 11) is 0. The number of hydrogen-bond donors (Lipinski definition) is 1. The van der Waals surface area contributed by atoms with E-state index in [-0.39, 0.29) is 18.7 Å². The molecule has 1 aliphatic rings. The quantitative estimate of drug-likeness (QED) is 0.850. The zero-order valence-electron chi connectivity index (χ0n) is 13.0. The Labute approximate surface area is 138 Å². The minimum Gasteiger partial charge on any atom is -0.491 e. The first kappa shape index (κ1) is 16.0. The van der Waals surface area contributed by atoms with Crippen LogP contribution in [0.4, 0.5) is 0 Å². The number of para-hydroxylation sites is 1. The summed E-state index contributed by atoms with van der Waals surface area (Å²) in [4.78, 5) is 24.8. The van der Waals surface area contributed by atoms with Gasteiger partial charge < -0.3 is 9.84 Å². The van der Waals surface area contributed by atoms with E-state index in [2.05, 4.69) is 0 Å². The monoisotopic (exact) mass is 327 g/mol. The zero-order chi connectivity index (χ0) is 17.1. The maximum atomic E-state index is 12.4. The molecule has 0 amide bonds. The number of fused-ring (bicyclic) bond motifs is 1. The lowest BCUT2D eigenvalue weighted by atomic mass is 10.2. The number of benzene rings is 1. The second-order valence-corrected chi connectivity index (χ2v) is 5.66. The van der Waals surface area contributed by atoms with Crippen LogP contribution in [0, 0.1) is 11.3 Å². The number of aromatic nitrogens is 2. The fraction of sp³-hybridized carbons (Fsp3) is 0.353. The molecule has 124 valence electrons. The molecule has 0 saturated heterocycles. The van der Waals surface area contributed by atoms with Gasteiger partial charge in [0.1, 0.15) is 30.1 Å². The molecule has 1 aliphatic heterocycles. The van der Waals surface area contributed by atoms with Crippen LogP contribution in [0.3, 0.4) is 0 Å². The molecule has 3 rings (SSSR count). The van der Waals surface area contributed by atoms with Gasteiger partial charge in [0.15, 0.2) is 0 Å². The van der Waals surface area contributed by atoms with E-state index in [1.165, 1.54) is 4.57 Å². The molecule has 1 aromatic carbocycles. The molecule has 1 atom stereocenters. The van der Waals surface area contributed by atoms with Crippen molar-refractivity contribution in [3.8, 4) is 11.8 Å². The Morgan fingerprint density at radius 2 is 2.04 bits per heavy atom. The van der Waals surface area contributed by atoms with Crippen molar-refractivity contribution in [3.05, 3.63) is 62.4 Å². The third-order valence-electron chi connectivity index (χ3n) is 4.02. The molecule has 0 bridgehead atoms. The summed E-state index contributed by atoms with van der Waals surface area (Å²) < 4.78 is 7.80. The largest absolute Gasteiger partial charge is 0.491 e. The number of aliphatic hydroxyl groups excluding tert-OH is 1. The Morgan fingerprint density at radius 1 is 1.29 bits per heavy atom. The first-order valence-electron chi connectivity index (χ1n) is 7.74. The molecular weight excluding hydrogens is 310 g/mol. The first-order chi connectivity index (χ1) is 11.6. The van der Waals surface area contributed by atoms with Crippen LogP contribution in [-0.2, 0) is 19.5 Å². The van der Waals surface area contributed by atoms with Gasteiger partial charge in [0.05, 0.1) is 6.54 Å². The summed E-state index contributed by atoms with van der Waals surface area (Å²) >= 11 is 0. The van der Waals surface area contributed by atoms with Crippen LogP contribution in [0.1, 0.15) is 17.7 Å². The van der Waals surface area contributed by atoms with E-state index in [9.17, 15) is 20.0 Å². The highest BCUT2D eigenvalue weighted by molar-refractivity contribution is 5.32. The van der Waals surface area contributed by atoms with E-state index in [1.807, 2.05) is 12.1 Å². The van der Waals surface area contributed by atoms with Crippen molar-refractivity contribution in [2.24, 2.45) is 0 Å². The third-order valence-corrected chi connectivity index (χ3v) is 4.02. The first-order valence-corrected chi connectivity index (χ1v) is 7.74. The highest BCUT2D eigenvalue weighted by Crippen LogP contribution is 2.13. The van der Waals surface area contributed by atoms with Gasteiger partial charge in [-0.15, -0.1) is 0 Å². The Balaban J connectivity index is 1.82. The van der Waals surface area contributed by atoms with Crippen LogP contribution >= 0.6 is 0 Å². The van der Waals surface area contributed by atoms with Gasteiger partial charge in [0.25, 0.3) is 5.56 Å². The average molecular weight is 327 g/mol. The lowest BCUT2D eigenvalue weighted by Gasteiger charge is -2.15. The van der Waals surface area contributed by atoms with E-state index in [1.54, 1.807) is 24.3 Å². The van der Waals surface area contributed by atoms with Crippen LogP contribution in [0.2, 0.25) is 0 Å². The van der Waals surface area contributed by atoms with Gasteiger partial charge in [0.2, 0.25) is 0 Å². The fourth-order valence-corrected chi connectivity index (χ4v) is 2.88. The van der Waals surface area contributed by atoms with Crippen LogP contribution in [0.5, 0.6) is 5.75 Å². The number of rotatable bonds is 5. The highest BCUT2D eigenvalue weighted by Gasteiger charge is 2.23. The van der Waals surface area contributed by atoms with Crippen LogP contribution in [0.15, 0.2) is 39.9 Å². The SMILES string of the molecule is N#Cc1c2n(c(=O)n(C[C@@H](O)COc3ccccc3)c1=O)CCC2. The molecule has 0 saturated carbocycles. The minimum atomic E-state index is -1.04. The van der Waals surface area contributed by atoms with E-state index in [0.29, 0.717) is 24.4 Å². The second-order valence-electron chi connectivity index (χ2n) is 5.66. The molecule has 0 fully saturated rings. The maximum absolute atomic E-state index is 12.4. The van der Waals surface area contributed by atoms with E-state index < -0.39 is 17.4 Å². The van der Waals surface area contributed by atoms with Crippen molar-refractivity contribution in [2.75, 3.05) is 6.61 Å². The summed E-state index contributed by atoms with van der Waals surface area (Å²) in [6.45, 7) is 0.221. The summed E-state index contributed by atoms with van der Waals surface area (Å²) in [6.07, 6.45) is 0.239. The van der Waals surface area contributed by atoms with Crippen LogP contribution in [0.25, 0.3) is 0 Å². The molecule has 1 N–H and O–H groups in total. The van der Waals surface area contributed by atoms with Gasteiger partial charge in [-0.3, -0.25) is 13.9 Å². The third kappa shape index (κ3) is 2.96. The van der Waals surface area contributed by atoms with Crippen molar-refractivity contribution in [1.82, 2.24) is 9.13 Å². The summed E-state index contributed by atoms with van der Waals surface area (Å²) in [5.74, 6) is 0.590. The van der Waals surface area contributed by atoms with E-state index in [4.69, 9.17) is 4.74 Å². The van der Waals surface area contributed by atoms with Crippen molar-refractivity contribution in [2.45, 2.75) is 32.0 Å². The smallest absolute Gasteiger partial charge is 0.331 e. The summed E-state index contributed by atoms with van der Waals surface area (Å²) in [6, 6.07) is 10.8. The predicted octanol–water partition coefficient (Wildman–Crippen LogP) is 0.268. The topological polar surface area (TPSA) is 97.2 Å². The number of hydrogen-bond acceptors (Lipinski definition) is 5. The highest BCUT2D eigenvalue weighted by atomic mass is 16.5. The normalized spacial score (nSPS) is 14.0. The lowest BCUT2D eigenvalue weighted by molar-refractivity contribution is 0.0899. The van der Waals surface area contributed by atoms with Gasteiger partial charge in [-0.25, -0.2) is 4.79 Å². The molecule has 0 unspecified atom stereocenters. The number of nitrogens with zero attached hydrogens (tertiary/aromatic N) is 3. The van der Waals surface area contributed by atoms with Gasteiger partial charge in [-0.05, 0) is 25.0 Å². The van der Waals surface area contributed by atoms with Crippen LogP contribution in [-0.4, -0.2) is 27.0 Å². The molecule has 0 spiro atoms. The average Bonchev–Trinajstić information content (AvgIpc) is 3.08. The summed E-state index contributed by atoms with van der Waals surface area (Å²) in [5, 5.41) is 19.3. The molecule has 0 radical (unpaired) electrons. The van der Waals surface area contributed by atoms with Gasteiger partial charge >= 0.3 is 5.69 Å². The molecule has 7 heteroatoms. The molecule has 7 nitrogen and oxygen atoms in total. The van der Waals surface area contributed by atoms with Crippen molar-refractivity contribution in [1.29, 1.82) is 5.26 Å². The van der Waals surface area contributed by atoms with E-state index >= 15 is 0 Å². The second kappa shape index (κ2) is 6.72. The maximum Gasteiger partial charge on any atom is 0.331 e. The Morgan fingerprint density at radius 3 is 2.75 bits per heavy atom. The minimum absolute atomic E-state index is 0.0109. The number of aliphatic hydroxyl groups is 1. The standard InChI is InChI=1S/C17H17N3O4/c18-9-14-15-7-4-8-19(15)17(23)20(16(14)22)10-12(21)11-24-13-5-2-1-3-6-13/h1-3,5-6,12,21H,4,7-8,10-11H2/t12-/m1/s1. The van der Waals surface area contributed by atoms with Gasteiger partial charge in [0, 0.05) is 12.2 Å². The van der Waals surface area contributed by atoms with Crippen LogP contribution < -0.4 is 16.0 Å². The Kier molecular flexibility index (Phi) is 4.49. The molecule has 2 heterocycles. The molecule has 2 aromatic rings. The van der Waals surface area contributed by atoms with E-state index in [0.717, 1.165) is 11.0 Å². The molecule has 24 heavy (non-hydrogen) atoms. The molecule has 1 aromatic heterocycles. The zero-order valence-corrected chi connectivity index (χ0v) is 13.0. The molecule has 0 aliphatic carbocycles. The predicted molar refractivity (Wildman–Crippen MR) is 85.9 cm³/mol. The number of nitriles is 1. The lowest BCUT2D eigenvalue weighted by Crippen LogP contribution is -2.44. The Hall–Kier alpha value is -2.85. The van der Waals surface area contributed by atoms with Crippen molar-refractivity contribution < 1.29 is 9.84 Å². The van der Waals surface area contributed by atoms with Gasteiger partial charge in [-0.2, -0.15) is 5.26 Å². The fourth-order valence-electron chi connectivity index (χ4n) is 2.88. The molecular formula is C17H17N3O4.